The Kier molecular flexibility index (Phi) is 7.89. The molecule has 1 aromatic rings. The first kappa shape index (κ1) is 31.7. The molecule has 44 heavy (non-hydrogen) atoms. The number of benzene rings is 1. The first-order chi connectivity index (χ1) is 20.7. The highest BCUT2D eigenvalue weighted by Gasteiger charge is 2.82. The molecule has 1 N–H and O–H groups in total. The smallest absolute Gasteiger partial charge is 0.331 e. The Labute approximate surface area is 267 Å². The summed E-state index contributed by atoms with van der Waals surface area (Å²) in [6.07, 6.45) is 20.1. The molecule has 5 fully saturated rings. The number of rotatable bonds is 8. The lowest BCUT2D eigenvalue weighted by atomic mass is 9.41. The minimum Gasteiger partial charge on any atom is -0.504 e. The fourth-order valence-corrected chi connectivity index (χ4v) is 12.5. The van der Waals surface area contributed by atoms with Crippen molar-refractivity contribution < 1.29 is 19.4 Å². The first-order valence-electron chi connectivity index (χ1n) is 17.6. The van der Waals surface area contributed by atoms with Crippen molar-refractivity contribution in [1.82, 2.24) is 0 Å². The zero-order chi connectivity index (χ0) is 31.7. The van der Waals surface area contributed by atoms with Gasteiger partial charge in [-0.3, -0.25) is 0 Å². The van der Waals surface area contributed by atoms with Crippen LogP contribution in [-0.4, -0.2) is 24.3 Å². The van der Waals surface area contributed by atoms with Crippen LogP contribution in [0.5, 0.6) is 11.5 Å². The normalized spacial score (nSPS) is 40.6. The minimum absolute atomic E-state index is 0.0305. The molecule has 5 aliphatic carbocycles. The van der Waals surface area contributed by atoms with Gasteiger partial charge < -0.3 is 14.6 Å². The molecule has 4 nitrogen and oxygen atoms in total. The van der Waals surface area contributed by atoms with Crippen LogP contribution < -0.4 is 4.74 Å². The number of hydrogen-bond donors (Lipinski definition) is 1. The quantitative estimate of drug-likeness (QED) is 0.183. The molecule has 0 saturated heterocycles. The maximum atomic E-state index is 13.1. The van der Waals surface area contributed by atoms with Gasteiger partial charge in [0.1, 0.15) is 6.10 Å². The number of phenols is 1. The van der Waals surface area contributed by atoms with E-state index in [1.54, 1.807) is 24.3 Å². The number of methoxy groups -OCH3 is 1. The molecule has 2 spiro atoms. The molecule has 242 valence electrons. The molecule has 6 rings (SSSR count). The van der Waals surface area contributed by atoms with Gasteiger partial charge in [-0.25, -0.2) is 4.79 Å². The highest BCUT2D eigenvalue weighted by molar-refractivity contribution is 5.87. The number of fused-ring (bicyclic) bond motifs is 2. The summed E-state index contributed by atoms with van der Waals surface area (Å²) in [5, 5.41) is 9.88. The van der Waals surface area contributed by atoms with E-state index in [-0.39, 0.29) is 23.2 Å². The van der Waals surface area contributed by atoms with E-state index in [2.05, 4.69) is 54.5 Å². The Morgan fingerprint density at radius 3 is 2.43 bits per heavy atom. The van der Waals surface area contributed by atoms with Crippen LogP contribution in [0.15, 0.2) is 35.9 Å². The molecule has 0 aromatic heterocycles. The van der Waals surface area contributed by atoms with Crippen molar-refractivity contribution in [3.63, 3.8) is 0 Å². The van der Waals surface area contributed by atoms with Crippen molar-refractivity contribution in [2.45, 2.75) is 125 Å². The predicted octanol–water partition coefficient (Wildman–Crippen LogP) is 10.1. The SMILES string of the molecule is COc1cc(C=CC(=O)OC2CC[C@]34CC35CC[C@]3(C)C(C(C)CCC=C(C)C)CC[C@@]3(C)C5CCC4C2(C)C)ccc1O. The highest BCUT2D eigenvalue weighted by atomic mass is 16.5. The number of allylic oxidation sites excluding steroid dienone is 2. The Bertz CT molecular complexity index is 1340. The van der Waals surface area contributed by atoms with E-state index < -0.39 is 0 Å². The van der Waals surface area contributed by atoms with E-state index in [1.165, 1.54) is 83.0 Å². The van der Waals surface area contributed by atoms with Crippen molar-refractivity contribution in [2.24, 2.45) is 50.7 Å². The molecule has 0 radical (unpaired) electrons. The fourth-order valence-electron chi connectivity index (χ4n) is 12.5. The monoisotopic (exact) mass is 602 g/mol. The maximum absolute atomic E-state index is 13.1. The van der Waals surface area contributed by atoms with Crippen molar-refractivity contribution in [3.8, 4) is 11.5 Å². The highest BCUT2D eigenvalue weighted by Crippen LogP contribution is 2.89. The van der Waals surface area contributed by atoms with Gasteiger partial charge in [0.2, 0.25) is 0 Å². The average molecular weight is 603 g/mol. The number of hydrogen-bond acceptors (Lipinski definition) is 4. The summed E-state index contributed by atoms with van der Waals surface area (Å²) in [6, 6.07) is 5.09. The lowest BCUT2D eigenvalue weighted by molar-refractivity contribution is -0.179. The van der Waals surface area contributed by atoms with E-state index in [1.807, 2.05) is 0 Å². The summed E-state index contributed by atoms with van der Waals surface area (Å²) in [5.74, 6) is 3.33. The number of carbonyl (C=O) groups is 1. The molecule has 0 bridgehead atoms. The van der Waals surface area contributed by atoms with Crippen LogP contribution in [0.4, 0.5) is 0 Å². The van der Waals surface area contributed by atoms with Crippen LogP contribution in [0.3, 0.4) is 0 Å². The fraction of sp³-hybridized carbons (Fsp3) is 0.725. The van der Waals surface area contributed by atoms with Crippen molar-refractivity contribution in [2.75, 3.05) is 7.11 Å². The molecule has 1 aromatic carbocycles. The number of esters is 1. The molecule has 0 amide bonds. The van der Waals surface area contributed by atoms with E-state index >= 15 is 0 Å². The lowest BCUT2D eigenvalue weighted by Crippen LogP contribution is -2.58. The molecule has 5 aliphatic rings. The Hall–Kier alpha value is -2.23. The Morgan fingerprint density at radius 1 is 0.977 bits per heavy atom. The lowest BCUT2D eigenvalue weighted by Gasteiger charge is -2.63. The van der Waals surface area contributed by atoms with Gasteiger partial charge in [0.15, 0.2) is 11.5 Å². The van der Waals surface area contributed by atoms with Crippen LogP contribution in [0, 0.1) is 50.7 Å². The van der Waals surface area contributed by atoms with E-state index in [0.717, 1.165) is 29.7 Å². The van der Waals surface area contributed by atoms with Gasteiger partial charge in [-0.05, 0) is 154 Å². The summed E-state index contributed by atoms with van der Waals surface area (Å²) < 4.78 is 11.4. The van der Waals surface area contributed by atoms with Crippen LogP contribution >= 0.6 is 0 Å². The van der Waals surface area contributed by atoms with Gasteiger partial charge in [-0.2, -0.15) is 0 Å². The maximum Gasteiger partial charge on any atom is 0.331 e. The third-order valence-corrected chi connectivity index (χ3v) is 14.8. The largest absolute Gasteiger partial charge is 0.504 e. The Balaban J connectivity index is 1.15. The second-order valence-corrected chi connectivity index (χ2v) is 17.0. The average Bonchev–Trinajstić information content (AvgIpc) is 3.55. The minimum atomic E-state index is -0.276. The summed E-state index contributed by atoms with van der Waals surface area (Å²) in [4.78, 5) is 13.1. The number of phenolic OH excluding ortho intramolecular Hbond substituents is 1. The van der Waals surface area contributed by atoms with Gasteiger partial charge in [0.05, 0.1) is 7.11 Å². The summed E-state index contributed by atoms with van der Waals surface area (Å²) in [6.45, 7) is 17.2. The van der Waals surface area contributed by atoms with Crippen LogP contribution in [0.1, 0.15) is 125 Å². The summed E-state index contributed by atoms with van der Waals surface area (Å²) >= 11 is 0. The Morgan fingerprint density at radius 2 is 1.70 bits per heavy atom. The van der Waals surface area contributed by atoms with Gasteiger partial charge in [-0.1, -0.05) is 52.3 Å². The zero-order valence-electron chi connectivity index (χ0n) is 28.8. The molecule has 4 heteroatoms. The molecule has 5 saturated carbocycles. The molecule has 0 heterocycles. The van der Waals surface area contributed by atoms with Crippen LogP contribution in [0.25, 0.3) is 6.08 Å². The van der Waals surface area contributed by atoms with Crippen molar-refractivity contribution >= 4 is 12.0 Å². The first-order valence-corrected chi connectivity index (χ1v) is 17.6. The number of carbonyl (C=O) groups excluding carboxylic acids is 1. The van der Waals surface area contributed by atoms with Gasteiger partial charge in [0, 0.05) is 11.5 Å². The van der Waals surface area contributed by atoms with Crippen LogP contribution in [-0.2, 0) is 9.53 Å². The summed E-state index contributed by atoms with van der Waals surface area (Å²) in [7, 11) is 1.53. The third-order valence-electron chi connectivity index (χ3n) is 14.8. The molecule has 0 aliphatic heterocycles. The molecule has 9 atom stereocenters. The van der Waals surface area contributed by atoms with Gasteiger partial charge in [-0.15, -0.1) is 0 Å². The second kappa shape index (κ2) is 10.9. The van der Waals surface area contributed by atoms with E-state index in [0.29, 0.717) is 33.3 Å². The molecular formula is C40H58O4. The molecular weight excluding hydrogens is 544 g/mol. The standard InChI is InChI=1S/C40H58O4/c1-26(2)10-9-11-27(3)29-18-20-38(7)33-16-15-32-36(4,5)34(19-21-39(32)25-40(33,39)23-22-37(29,38)6)44-35(42)17-13-28-12-14-30(41)31(24-28)43-8/h10,12-14,17,24,27,29,32-34,41H,9,11,15-16,18-23,25H2,1-8H3/t27?,29?,32?,33?,34?,37-,38+,39-,40?/m1/s1. The summed E-state index contributed by atoms with van der Waals surface area (Å²) in [5.41, 5.74) is 4.08. The van der Waals surface area contributed by atoms with E-state index in [4.69, 9.17) is 9.47 Å². The van der Waals surface area contributed by atoms with Gasteiger partial charge >= 0.3 is 5.97 Å². The zero-order valence-corrected chi connectivity index (χ0v) is 28.8. The number of ether oxygens (including phenoxy) is 2. The van der Waals surface area contributed by atoms with Gasteiger partial charge in [0.25, 0.3) is 0 Å². The van der Waals surface area contributed by atoms with Crippen molar-refractivity contribution in [1.29, 1.82) is 0 Å². The predicted molar refractivity (Wildman–Crippen MR) is 178 cm³/mol. The second-order valence-electron chi connectivity index (χ2n) is 17.0. The number of aromatic hydroxyl groups is 1. The third kappa shape index (κ3) is 4.62. The van der Waals surface area contributed by atoms with Crippen molar-refractivity contribution in [3.05, 3.63) is 41.5 Å². The molecule has 6 unspecified atom stereocenters. The van der Waals surface area contributed by atoms with E-state index in [9.17, 15) is 9.90 Å². The van der Waals surface area contributed by atoms with Crippen LogP contribution in [0.2, 0.25) is 0 Å². The topological polar surface area (TPSA) is 55.8 Å².